The molecular formula is C12H18FNO. The highest BCUT2D eigenvalue weighted by Crippen LogP contribution is 2.08. The lowest BCUT2D eigenvalue weighted by Gasteiger charge is -2.06. The lowest BCUT2D eigenvalue weighted by Crippen LogP contribution is -2.19. The molecule has 0 spiro atoms. The molecule has 0 aliphatic heterocycles. The number of nitrogens with one attached hydrogen (secondary N) is 1. The van der Waals surface area contributed by atoms with Crippen molar-refractivity contribution in [3.63, 3.8) is 0 Å². The summed E-state index contributed by atoms with van der Waals surface area (Å²) in [7, 11) is 0. The van der Waals surface area contributed by atoms with E-state index in [1.165, 1.54) is 0 Å². The quantitative estimate of drug-likeness (QED) is 0.729. The molecule has 3 heteroatoms. The van der Waals surface area contributed by atoms with Gasteiger partial charge in [0.1, 0.15) is 5.82 Å². The van der Waals surface area contributed by atoms with Crippen LogP contribution in [0.1, 0.15) is 18.1 Å². The van der Waals surface area contributed by atoms with Crippen molar-refractivity contribution in [3.8, 4) is 0 Å². The zero-order chi connectivity index (χ0) is 11.1. The van der Waals surface area contributed by atoms with E-state index in [-0.39, 0.29) is 5.82 Å². The Morgan fingerprint density at radius 2 is 2.20 bits per heavy atom. The fourth-order valence-corrected chi connectivity index (χ4v) is 1.27. The summed E-state index contributed by atoms with van der Waals surface area (Å²) in [6.45, 7) is 6.65. The Bertz CT molecular complexity index is 302. The third kappa shape index (κ3) is 4.40. The van der Waals surface area contributed by atoms with Gasteiger partial charge in [-0.25, -0.2) is 4.39 Å². The average Bonchev–Trinajstić information content (AvgIpc) is 2.23. The number of hydrogen-bond acceptors (Lipinski definition) is 2. The minimum absolute atomic E-state index is 0.140. The Kier molecular flexibility index (Phi) is 5.29. The molecule has 0 saturated carbocycles. The highest BCUT2D eigenvalue weighted by molar-refractivity contribution is 5.23. The van der Waals surface area contributed by atoms with E-state index in [9.17, 15) is 4.39 Å². The largest absolute Gasteiger partial charge is 0.380 e. The maximum Gasteiger partial charge on any atom is 0.126 e. The normalized spacial score (nSPS) is 10.6. The number of hydrogen-bond donors (Lipinski definition) is 1. The molecule has 1 aromatic carbocycles. The zero-order valence-corrected chi connectivity index (χ0v) is 9.35. The van der Waals surface area contributed by atoms with Crippen molar-refractivity contribution >= 4 is 0 Å². The summed E-state index contributed by atoms with van der Waals surface area (Å²) < 4.78 is 18.3. The van der Waals surface area contributed by atoms with Crippen LogP contribution in [0.5, 0.6) is 0 Å². The van der Waals surface area contributed by atoms with Gasteiger partial charge in [-0.2, -0.15) is 0 Å². The van der Waals surface area contributed by atoms with Gasteiger partial charge in [0.15, 0.2) is 0 Å². The standard InChI is InChI=1S/C12H18FNO/c1-3-15-7-6-14-9-11-5-4-10(2)12(13)8-11/h4-5,8,14H,3,6-7,9H2,1-2H3. The number of halogens is 1. The Morgan fingerprint density at radius 3 is 2.87 bits per heavy atom. The molecule has 1 rings (SSSR count). The maximum absolute atomic E-state index is 13.2. The van der Waals surface area contributed by atoms with Crippen molar-refractivity contribution in [2.75, 3.05) is 19.8 Å². The summed E-state index contributed by atoms with van der Waals surface area (Å²) in [5.74, 6) is -0.140. The van der Waals surface area contributed by atoms with E-state index < -0.39 is 0 Å². The number of ether oxygens (including phenoxy) is 1. The van der Waals surface area contributed by atoms with Gasteiger partial charge in [0, 0.05) is 19.7 Å². The van der Waals surface area contributed by atoms with Gasteiger partial charge in [0.05, 0.1) is 6.61 Å². The molecular weight excluding hydrogens is 193 g/mol. The SMILES string of the molecule is CCOCCNCc1ccc(C)c(F)c1. The lowest BCUT2D eigenvalue weighted by atomic mass is 10.1. The summed E-state index contributed by atoms with van der Waals surface area (Å²) in [5, 5.41) is 3.19. The van der Waals surface area contributed by atoms with Crippen molar-refractivity contribution in [2.24, 2.45) is 0 Å². The summed E-state index contributed by atoms with van der Waals surface area (Å²) in [6, 6.07) is 5.31. The molecule has 0 radical (unpaired) electrons. The van der Waals surface area contributed by atoms with Crippen LogP contribution in [-0.4, -0.2) is 19.8 Å². The van der Waals surface area contributed by atoms with Gasteiger partial charge < -0.3 is 10.1 Å². The first-order valence-electron chi connectivity index (χ1n) is 5.27. The minimum atomic E-state index is -0.140. The van der Waals surface area contributed by atoms with E-state index >= 15 is 0 Å². The van der Waals surface area contributed by atoms with Crippen molar-refractivity contribution < 1.29 is 9.13 Å². The molecule has 0 bridgehead atoms. The predicted octanol–water partition coefficient (Wildman–Crippen LogP) is 2.26. The van der Waals surface area contributed by atoms with E-state index in [4.69, 9.17) is 4.74 Å². The molecule has 0 atom stereocenters. The van der Waals surface area contributed by atoms with Crippen LogP contribution >= 0.6 is 0 Å². The van der Waals surface area contributed by atoms with Gasteiger partial charge >= 0.3 is 0 Å². The van der Waals surface area contributed by atoms with E-state index in [0.29, 0.717) is 18.7 Å². The molecule has 0 heterocycles. The molecule has 0 fully saturated rings. The summed E-state index contributed by atoms with van der Waals surface area (Å²) in [6.07, 6.45) is 0. The van der Waals surface area contributed by atoms with Crippen molar-refractivity contribution in [2.45, 2.75) is 20.4 Å². The third-order valence-electron chi connectivity index (χ3n) is 2.19. The van der Waals surface area contributed by atoms with E-state index in [0.717, 1.165) is 18.7 Å². The molecule has 84 valence electrons. The minimum Gasteiger partial charge on any atom is -0.380 e. The highest BCUT2D eigenvalue weighted by atomic mass is 19.1. The van der Waals surface area contributed by atoms with Gasteiger partial charge in [0.2, 0.25) is 0 Å². The Balaban J connectivity index is 2.28. The van der Waals surface area contributed by atoms with Gasteiger partial charge in [-0.05, 0) is 31.0 Å². The molecule has 15 heavy (non-hydrogen) atoms. The second-order valence-electron chi connectivity index (χ2n) is 3.46. The third-order valence-corrected chi connectivity index (χ3v) is 2.19. The molecule has 0 unspecified atom stereocenters. The number of benzene rings is 1. The van der Waals surface area contributed by atoms with E-state index in [1.54, 1.807) is 19.1 Å². The molecule has 1 N–H and O–H groups in total. The van der Waals surface area contributed by atoms with E-state index in [1.807, 2.05) is 13.0 Å². The predicted molar refractivity (Wildman–Crippen MR) is 59.3 cm³/mol. The van der Waals surface area contributed by atoms with Gasteiger partial charge in [0.25, 0.3) is 0 Å². The smallest absolute Gasteiger partial charge is 0.126 e. The fourth-order valence-electron chi connectivity index (χ4n) is 1.27. The Labute approximate surface area is 90.4 Å². The first-order chi connectivity index (χ1) is 7.24. The van der Waals surface area contributed by atoms with Crippen LogP contribution in [0.25, 0.3) is 0 Å². The van der Waals surface area contributed by atoms with Crippen LogP contribution in [0, 0.1) is 12.7 Å². The Morgan fingerprint density at radius 1 is 1.40 bits per heavy atom. The van der Waals surface area contributed by atoms with Gasteiger partial charge in [-0.3, -0.25) is 0 Å². The molecule has 1 aromatic rings. The van der Waals surface area contributed by atoms with Crippen molar-refractivity contribution in [1.29, 1.82) is 0 Å². The highest BCUT2D eigenvalue weighted by Gasteiger charge is 1.98. The van der Waals surface area contributed by atoms with Crippen molar-refractivity contribution in [1.82, 2.24) is 5.32 Å². The second kappa shape index (κ2) is 6.53. The van der Waals surface area contributed by atoms with Gasteiger partial charge in [-0.1, -0.05) is 12.1 Å². The zero-order valence-electron chi connectivity index (χ0n) is 9.35. The summed E-state index contributed by atoms with van der Waals surface area (Å²) in [5.41, 5.74) is 1.66. The fraction of sp³-hybridized carbons (Fsp3) is 0.500. The molecule has 0 aliphatic carbocycles. The molecule has 0 aliphatic rings. The van der Waals surface area contributed by atoms with Crippen LogP contribution in [-0.2, 0) is 11.3 Å². The number of rotatable bonds is 6. The molecule has 0 aromatic heterocycles. The second-order valence-corrected chi connectivity index (χ2v) is 3.46. The van der Waals surface area contributed by atoms with Crippen LogP contribution < -0.4 is 5.32 Å². The summed E-state index contributed by atoms with van der Waals surface area (Å²) >= 11 is 0. The Hall–Kier alpha value is -0.930. The van der Waals surface area contributed by atoms with Crippen LogP contribution in [0.2, 0.25) is 0 Å². The van der Waals surface area contributed by atoms with Crippen LogP contribution in [0.15, 0.2) is 18.2 Å². The first kappa shape index (κ1) is 12.1. The van der Waals surface area contributed by atoms with Crippen molar-refractivity contribution in [3.05, 3.63) is 35.1 Å². The summed E-state index contributed by atoms with van der Waals surface area (Å²) in [4.78, 5) is 0. The maximum atomic E-state index is 13.2. The lowest BCUT2D eigenvalue weighted by molar-refractivity contribution is 0.149. The first-order valence-corrected chi connectivity index (χ1v) is 5.27. The average molecular weight is 211 g/mol. The van der Waals surface area contributed by atoms with Gasteiger partial charge in [-0.15, -0.1) is 0 Å². The topological polar surface area (TPSA) is 21.3 Å². The van der Waals surface area contributed by atoms with E-state index in [2.05, 4.69) is 5.32 Å². The van der Waals surface area contributed by atoms with Crippen LogP contribution in [0.4, 0.5) is 4.39 Å². The molecule has 0 saturated heterocycles. The molecule has 0 amide bonds. The molecule has 2 nitrogen and oxygen atoms in total. The monoisotopic (exact) mass is 211 g/mol. The number of aryl methyl sites for hydroxylation is 1. The van der Waals surface area contributed by atoms with Crippen LogP contribution in [0.3, 0.4) is 0 Å².